The van der Waals surface area contributed by atoms with E-state index >= 15 is 0 Å². The fourth-order valence-electron chi connectivity index (χ4n) is 3.75. The number of nitrogens with zero attached hydrogens (tertiary/aromatic N) is 3. The van der Waals surface area contributed by atoms with Crippen molar-refractivity contribution < 1.29 is 21.6 Å². The quantitative estimate of drug-likeness (QED) is 0.228. The van der Waals surface area contributed by atoms with Crippen molar-refractivity contribution in [3.8, 4) is 0 Å². The molecule has 0 aromatic carbocycles. The minimum atomic E-state index is -5.24. The van der Waals surface area contributed by atoms with Crippen LogP contribution < -0.4 is 10.6 Å². The van der Waals surface area contributed by atoms with E-state index in [2.05, 4.69) is 27.4 Å². The zero-order valence-electron chi connectivity index (χ0n) is 17.0. The number of hydrogen-bond donors (Lipinski definition) is 2. The Bertz CT molecular complexity index is 625. The molecule has 0 aromatic heterocycles. The summed E-state index contributed by atoms with van der Waals surface area (Å²) >= 11 is 0. The predicted octanol–water partition coefficient (Wildman–Crippen LogP) is 2.35. The summed E-state index contributed by atoms with van der Waals surface area (Å²) < 4.78 is 61.3. The summed E-state index contributed by atoms with van der Waals surface area (Å²) in [6, 6.07) is 0.525. The number of nitrogens with one attached hydrogen (secondary N) is 2. The molecule has 0 saturated carbocycles. The lowest BCUT2D eigenvalue weighted by Gasteiger charge is -2.33. The SMILES string of the molecule is CN=C(NCCCN1CCCCC1C)NC1CCN(S(=O)(=O)C(F)(F)F)CC1.I. The van der Waals surface area contributed by atoms with Crippen LogP contribution in [0.15, 0.2) is 4.99 Å². The molecule has 0 bridgehead atoms. The molecular weight excluding hydrogens is 522 g/mol. The third-order valence-corrected chi connectivity index (χ3v) is 7.14. The van der Waals surface area contributed by atoms with Gasteiger partial charge in [0.25, 0.3) is 0 Å². The molecule has 2 aliphatic heterocycles. The zero-order valence-corrected chi connectivity index (χ0v) is 20.2. The van der Waals surface area contributed by atoms with Gasteiger partial charge in [-0.3, -0.25) is 4.99 Å². The van der Waals surface area contributed by atoms with Gasteiger partial charge in [0, 0.05) is 45.3 Å². The molecule has 12 heteroatoms. The fourth-order valence-corrected chi connectivity index (χ4v) is 4.74. The van der Waals surface area contributed by atoms with Gasteiger partial charge in [-0.05, 0) is 45.6 Å². The number of aliphatic imine (C=N–C) groups is 1. The number of sulfonamides is 1. The summed E-state index contributed by atoms with van der Waals surface area (Å²) in [5.41, 5.74) is -5.24. The van der Waals surface area contributed by atoms with Crippen LogP contribution in [-0.4, -0.2) is 80.9 Å². The van der Waals surface area contributed by atoms with Crippen molar-refractivity contribution in [2.75, 3.05) is 39.8 Å². The minimum Gasteiger partial charge on any atom is -0.356 e. The molecule has 29 heavy (non-hydrogen) atoms. The van der Waals surface area contributed by atoms with Crippen LogP contribution >= 0.6 is 24.0 Å². The molecule has 2 rings (SSSR count). The van der Waals surface area contributed by atoms with Crippen molar-refractivity contribution in [3.05, 3.63) is 0 Å². The van der Waals surface area contributed by atoms with Crippen LogP contribution in [0.4, 0.5) is 13.2 Å². The molecular formula is C17H33F3IN5O2S. The fraction of sp³-hybridized carbons (Fsp3) is 0.941. The van der Waals surface area contributed by atoms with E-state index in [1.807, 2.05) is 0 Å². The third-order valence-electron chi connectivity index (χ3n) is 5.51. The normalized spacial score (nSPS) is 23.5. The van der Waals surface area contributed by atoms with Crippen molar-refractivity contribution in [2.24, 2.45) is 4.99 Å². The number of alkyl halides is 3. The molecule has 0 radical (unpaired) electrons. The number of rotatable bonds is 6. The molecule has 2 heterocycles. The molecule has 1 atom stereocenters. The standard InChI is InChI=1S/C17H32F3N5O2S.HI/c1-14-6-3-4-10-24(14)11-5-9-22-16(21-2)23-15-7-12-25(13-8-15)28(26,27)17(18,19)20;/h14-15H,3-13H2,1-2H3,(H2,21,22,23);1H. The predicted molar refractivity (Wildman–Crippen MR) is 119 cm³/mol. The second-order valence-electron chi connectivity index (χ2n) is 7.50. The molecule has 2 fully saturated rings. The van der Waals surface area contributed by atoms with Gasteiger partial charge in [-0.1, -0.05) is 6.42 Å². The summed E-state index contributed by atoms with van der Waals surface area (Å²) in [5, 5.41) is 6.42. The van der Waals surface area contributed by atoms with Gasteiger partial charge in [-0.15, -0.1) is 24.0 Å². The van der Waals surface area contributed by atoms with Crippen LogP contribution in [0.25, 0.3) is 0 Å². The maximum absolute atomic E-state index is 12.6. The Morgan fingerprint density at radius 2 is 1.79 bits per heavy atom. The lowest BCUT2D eigenvalue weighted by molar-refractivity contribution is -0.0494. The smallest absolute Gasteiger partial charge is 0.356 e. The lowest BCUT2D eigenvalue weighted by Crippen LogP contribution is -2.51. The number of likely N-dealkylation sites (tertiary alicyclic amines) is 1. The number of halogens is 4. The largest absolute Gasteiger partial charge is 0.511 e. The van der Waals surface area contributed by atoms with E-state index in [0.717, 1.165) is 26.1 Å². The van der Waals surface area contributed by atoms with Gasteiger partial charge in [0.2, 0.25) is 0 Å². The van der Waals surface area contributed by atoms with Crippen molar-refractivity contribution >= 4 is 40.0 Å². The van der Waals surface area contributed by atoms with Gasteiger partial charge in [0.1, 0.15) is 0 Å². The van der Waals surface area contributed by atoms with Crippen LogP contribution in [0.2, 0.25) is 0 Å². The Hall–Kier alpha value is -0.340. The molecule has 2 saturated heterocycles. The lowest BCUT2D eigenvalue weighted by atomic mass is 10.0. The molecule has 2 N–H and O–H groups in total. The van der Waals surface area contributed by atoms with Gasteiger partial charge < -0.3 is 15.5 Å². The van der Waals surface area contributed by atoms with E-state index in [-0.39, 0.29) is 43.1 Å². The Morgan fingerprint density at radius 3 is 2.34 bits per heavy atom. The third kappa shape index (κ3) is 7.69. The van der Waals surface area contributed by atoms with Crippen LogP contribution in [0.5, 0.6) is 0 Å². The first-order valence-electron chi connectivity index (χ1n) is 9.93. The Labute approximate surface area is 188 Å². The van der Waals surface area contributed by atoms with E-state index < -0.39 is 15.5 Å². The maximum Gasteiger partial charge on any atom is 0.511 e. The summed E-state index contributed by atoms with van der Waals surface area (Å²) in [6.45, 7) is 4.89. The van der Waals surface area contributed by atoms with Gasteiger partial charge in [0.15, 0.2) is 5.96 Å². The molecule has 7 nitrogen and oxygen atoms in total. The summed E-state index contributed by atoms with van der Waals surface area (Å²) in [7, 11) is -3.59. The first-order valence-corrected chi connectivity index (χ1v) is 11.4. The zero-order chi connectivity index (χ0) is 20.8. The molecule has 0 spiro atoms. The summed E-state index contributed by atoms with van der Waals surface area (Å²) in [6.07, 6.45) is 5.40. The average Bonchev–Trinajstić information content (AvgIpc) is 2.65. The second kappa shape index (κ2) is 11.9. The highest BCUT2D eigenvalue weighted by Gasteiger charge is 2.50. The van der Waals surface area contributed by atoms with Gasteiger partial charge in [-0.2, -0.15) is 17.5 Å². The highest BCUT2D eigenvalue weighted by Crippen LogP contribution is 2.28. The Kier molecular flexibility index (Phi) is 10.9. The molecule has 0 amide bonds. The Morgan fingerprint density at radius 1 is 1.14 bits per heavy atom. The van der Waals surface area contributed by atoms with Crippen molar-refractivity contribution in [3.63, 3.8) is 0 Å². The first-order chi connectivity index (χ1) is 13.1. The molecule has 1 unspecified atom stereocenters. The van der Waals surface area contributed by atoms with Crippen molar-refractivity contribution in [2.45, 2.75) is 63.0 Å². The van der Waals surface area contributed by atoms with Crippen molar-refractivity contribution in [1.82, 2.24) is 19.8 Å². The van der Waals surface area contributed by atoms with Crippen LogP contribution in [0, 0.1) is 0 Å². The highest BCUT2D eigenvalue weighted by molar-refractivity contribution is 14.0. The monoisotopic (exact) mass is 555 g/mol. The van der Waals surface area contributed by atoms with E-state index in [1.54, 1.807) is 7.05 Å². The van der Waals surface area contributed by atoms with Crippen LogP contribution in [0.1, 0.15) is 45.4 Å². The van der Waals surface area contributed by atoms with Gasteiger partial charge >= 0.3 is 15.5 Å². The summed E-state index contributed by atoms with van der Waals surface area (Å²) in [4.78, 5) is 6.66. The second-order valence-corrected chi connectivity index (χ2v) is 9.43. The molecule has 172 valence electrons. The Balaban J connectivity index is 0.00000420. The van der Waals surface area contributed by atoms with E-state index in [0.29, 0.717) is 29.1 Å². The highest BCUT2D eigenvalue weighted by atomic mass is 127. The van der Waals surface area contributed by atoms with Gasteiger partial charge in [-0.25, -0.2) is 8.42 Å². The number of hydrogen-bond acceptors (Lipinski definition) is 4. The van der Waals surface area contributed by atoms with Crippen LogP contribution in [-0.2, 0) is 10.0 Å². The average molecular weight is 555 g/mol. The number of guanidine groups is 1. The maximum atomic E-state index is 12.6. The first kappa shape index (κ1) is 26.7. The van der Waals surface area contributed by atoms with E-state index in [4.69, 9.17) is 0 Å². The van der Waals surface area contributed by atoms with E-state index in [1.165, 1.54) is 19.3 Å². The molecule has 2 aliphatic rings. The molecule has 0 aromatic rings. The summed E-state index contributed by atoms with van der Waals surface area (Å²) in [5.74, 6) is 0.601. The molecule has 0 aliphatic carbocycles. The van der Waals surface area contributed by atoms with Crippen molar-refractivity contribution in [1.29, 1.82) is 0 Å². The van der Waals surface area contributed by atoms with Gasteiger partial charge in [0.05, 0.1) is 0 Å². The number of piperidine rings is 2. The van der Waals surface area contributed by atoms with E-state index in [9.17, 15) is 21.6 Å². The topological polar surface area (TPSA) is 77.0 Å². The van der Waals surface area contributed by atoms with Crippen LogP contribution in [0.3, 0.4) is 0 Å². The minimum absolute atomic E-state index is 0.